The van der Waals surface area contributed by atoms with E-state index in [9.17, 15) is 12.8 Å². The molecule has 0 amide bonds. The van der Waals surface area contributed by atoms with Crippen molar-refractivity contribution >= 4 is 49.4 Å². The van der Waals surface area contributed by atoms with Crippen LogP contribution in [0.25, 0.3) is 5.57 Å². The normalized spacial score (nSPS) is 20.1. The summed E-state index contributed by atoms with van der Waals surface area (Å²) in [6.07, 6.45) is 6.30. The Balaban J connectivity index is 1.33. The smallest absolute Gasteiger partial charge is 0.229 e. The molecule has 2 unspecified atom stereocenters. The number of nitrogens with zero attached hydrogens (tertiary/aromatic N) is 2. The first kappa shape index (κ1) is 27.1. The lowest BCUT2D eigenvalue weighted by Crippen LogP contribution is -2.11. The van der Waals surface area contributed by atoms with E-state index >= 15 is 0 Å². The van der Waals surface area contributed by atoms with Crippen LogP contribution < -0.4 is 4.72 Å². The summed E-state index contributed by atoms with van der Waals surface area (Å²) in [5.74, 6) is 0.915. The highest BCUT2D eigenvalue weighted by Crippen LogP contribution is 2.42. The Bertz CT molecular complexity index is 1430. The summed E-state index contributed by atoms with van der Waals surface area (Å²) < 4.78 is 39.1. The zero-order valence-corrected chi connectivity index (χ0v) is 24.0. The zero-order chi connectivity index (χ0) is 26.7. The number of thiazole rings is 1. The van der Waals surface area contributed by atoms with Crippen LogP contribution in [0.5, 0.6) is 0 Å². The number of aromatic nitrogens is 1. The molecular formula is C29H32FN3O2S3. The Hall–Kier alpha value is -2.49. The Morgan fingerprint density at radius 2 is 1.84 bits per heavy atom. The maximum Gasteiger partial charge on any atom is 0.229 e. The van der Waals surface area contributed by atoms with Gasteiger partial charge in [0.2, 0.25) is 10.0 Å². The molecule has 2 atom stereocenters. The first-order chi connectivity index (χ1) is 18.2. The third kappa shape index (κ3) is 7.33. The summed E-state index contributed by atoms with van der Waals surface area (Å²) in [4.78, 5) is 10.1. The number of halogens is 1. The Morgan fingerprint density at radius 3 is 2.53 bits per heavy atom. The molecule has 200 valence electrons. The number of anilines is 1. The van der Waals surface area contributed by atoms with Crippen LogP contribution in [0, 0.1) is 11.7 Å². The lowest BCUT2D eigenvalue weighted by molar-refractivity contribution is 0.607. The summed E-state index contributed by atoms with van der Waals surface area (Å²) >= 11 is 3.43. The summed E-state index contributed by atoms with van der Waals surface area (Å²) in [5.41, 5.74) is 5.07. The Morgan fingerprint density at radius 1 is 1.11 bits per heavy atom. The van der Waals surface area contributed by atoms with Crippen molar-refractivity contribution in [3.63, 3.8) is 0 Å². The molecule has 2 aromatic carbocycles. The van der Waals surface area contributed by atoms with Gasteiger partial charge in [0, 0.05) is 29.4 Å². The SMILES string of the molecule is CC1CCC(=NCC(Cc2ccc(NS(C)(=O)=O)cc2)c2csc(C3CC3)n2)SC=C1c1ccc(F)cc1. The van der Waals surface area contributed by atoms with Crippen LogP contribution in [-0.4, -0.2) is 31.2 Å². The van der Waals surface area contributed by atoms with Crippen molar-refractivity contribution < 1.29 is 12.8 Å². The summed E-state index contributed by atoms with van der Waals surface area (Å²) in [7, 11) is -3.31. The topological polar surface area (TPSA) is 71.4 Å². The zero-order valence-electron chi connectivity index (χ0n) is 21.6. The van der Waals surface area contributed by atoms with Crippen molar-refractivity contribution in [3.05, 3.63) is 87.0 Å². The van der Waals surface area contributed by atoms with Gasteiger partial charge in [-0.1, -0.05) is 43.0 Å². The molecule has 1 aliphatic carbocycles. The Labute approximate surface area is 232 Å². The van der Waals surface area contributed by atoms with Crippen molar-refractivity contribution in [2.24, 2.45) is 10.9 Å². The minimum atomic E-state index is -3.31. The van der Waals surface area contributed by atoms with Crippen molar-refractivity contribution in [2.75, 3.05) is 17.5 Å². The van der Waals surface area contributed by atoms with E-state index in [0.29, 0.717) is 24.1 Å². The quantitative estimate of drug-likeness (QED) is 0.290. The maximum atomic E-state index is 13.4. The van der Waals surface area contributed by atoms with E-state index in [1.165, 1.54) is 35.6 Å². The monoisotopic (exact) mass is 569 g/mol. The number of nitrogens with one attached hydrogen (secondary N) is 1. The van der Waals surface area contributed by atoms with Gasteiger partial charge in [-0.15, -0.1) is 11.3 Å². The van der Waals surface area contributed by atoms with Crippen LogP contribution in [0.4, 0.5) is 10.1 Å². The molecule has 0 radical (unpaired) electrons. The molecule has 5 nitrogen and oxygen atoms in total. The van der Waals surface area contributed by atoms with Crippen molar-refractivity contribution in [2.45, 2.75) is 50.9 Å². The molecule has 1 aromatic heterocycles. The molecule has 1 saturated carbocycles. The van der Waals surface area contributed by atoms with Crippen LogP contribution in [0.1, 0.15) is 66.3 Å². The van der Waals surface area contributed by atoms with Gasteiger partial charge in [-0.05, 0) is 84.4 Å². The van der Waals surface area contributed by atoms with Crippen LogP contribution in [0.15, 0.2) is 64.3 Å². The molecule has 0 saturated heterocycles. The fourth-order valence-electron chi connectivity index (χ4n) is 4.60. The molecule has 3 aromatic rings. The van der Waals surface area contributed by atoms with Gasteiger partial charge >= 0.3 is 0 Å². The summed E-state index contributed by atoms with van der Waals surface area (Å²) in [6, 6.07) is 14.3. The average Bonchev–Trinajstić information content (AvgIpc) is 3.65. The van der Waals surface area contributed by atoms with Gasteiger partial charge in [-0.2, -0.15) is 0 Å². The second-order valence-electron chi connectivity index (χ2n) is 10.2. The molecule has 9 heteroatoms. The second-order valence-corrected chi connectivity index (χ2v) is 13.8. The fraction of sp³-hybridized carbons (Fsp3) is 0.379. The predicted octanol–water partition coefficient (Wildman–Crippen LogP) is 7.46. The number of hydrogen-bond acceptors (Lipinski definition) is 6. The average molecular weight is 570 g/mol. The first-order valence-corrected chi connectivity index (χ1v) is 16.6. The van der Waals surface area contributed by atoms with E-state index < -0.39 is 10.0 Å². The van der Waals surface area contributed by atoms with Crippen molar-refractivity contribution in [3.8, 4) is 0 Å². The van der Waals surface area contributed by atoms with E-state index in [0.717, 1.165) is 47.4 Å². The second kappa shape index (κ2) is 11.7. The molecule has 2 heterocycles. The van der Waals surface area contributed by atoms with E-state index in [-0.39, 0.29) is 11.7 Å². The number of benzene rings is 2. The molecule has 38 heavy (non-hydrogen) atoms. The molecule has 1 fully saturated rings. The van der Waals surface area contributed by atoms with Crippen LogP contribution in [0.2, 0.25) is 0 Å². The summed E-state index contributed by atoms with van der Waals surface area (Å²) in [5, 5.41) is 6.71. The highest BCUT2D eigenvalue weighted by atomic mass is 32.2. The lowest BCUT2D eigenvalue weighted by Gasteiger charge is -2.15. The molecule has 0 bridgehead atoms. The van der Waals surface area contributed by atoms with Crippen LogP contribution in [0.3, 0.4) is 0 Å². The van der Waals surface area contributed by atoms with Crippen molar-refractivity contribution in [1.82, 2.24) is 4.98 Å². The number of allylic oxidation sites excluding steroid dienone is 1. The third-order valence-electron chi connectivity index (χ3n) is 6.93. The molecule has 1 N–H and O–H groups in total. The number of hydrogen-bond donors (Lipinski definition) is 1. The van der Waals surface area contributed by atoms with Gasteiger partial charge in [0.25, 0.3) is 0 Å². The van der Waals surface area contributed by atoms with Crippen LogP contribution >= 0.6 is 23.1 Å². The molecule has 0 spiro atoms. The highest BCUT2D eigenvalue weighted by molar-refractivity contribution is 8.16. The van der Waals surface area contributed by atoms with Crippen molar-refractivity contribution in [1.29, 1.82) is 0 Å². The van der Waals surface area contributed by atoms with Gasteiger partial charge in [-0.3, -0.25) is 9.71 Å². The van der Waals surface area contributed by atoms with E-state index in [1.807, 2.05) is 24.3 Å². The maximum absolute atomic E-state index is 13.4. The fourth-order valence-corrected chi connectivity index (χ4v) is 7.25. The number of rotatable bonds is 9. The van der Waals surface area contributed by atoms with E-state index in [4.69, 9.17) is 9.98 Å². The van der Waals surface area contributed by atoms with Gasteiger partial charge < -0.3 is 0 Å². The van der Waals surface area contributed by atoms with Gasteiger partial charge in [0.05, 0.1) is 22.0 Å². The molecule has 5 rings (SSSR count). The standard InChI is InChI=1S/C29H32FN3O2S3/c1-19-3-14-28(36-17-26(19)21-8-10-24(30)11-9-21)31-16-23(27-18-37-29(32-27)22-6-7-22)15-20-4-12-25(13-5-20)33-38(2,34)35/h4-5,8-13,17-19,22-23,33H,3,6-7,14-16H2,1-2H3. The first-order valence-electron chi connectivity index (χ1n) is 12.9. The van der Waals surface area contributed by atoms with Gasteiger partial charge in [-0.25, -0.2) is 17.8 Å². The van der Waals surface area contributed by atoms with Gasteiger partial charge in [0.15, 0.2) is 0 Å². The number of thioether (sulfide) groups is 1. The largest absolute Gasteiger partial charge is 0.284 e. The minimum Gasteiger partial charge on any atom is -0.284 e. The number of sulfonamides is 1. The Kier molecular flexibility index (Phi) is 8.35. The minimum absolute atomic E-state index is 0.141. The van der Waals surface area contributed by atoms with E-state index in [1.54, 1.807) is 35.2 Å². The summed E-state index contributed by atoms with van der Waals surface area (Å²) in [6.45, 7) is 2.87. The molecule has 2 aliphatic rings. The highest BCUT2D eigenvalue weighted by Gasteiger charge is 2.28. The predicted molar refractivity (Wildman–Crippen MR) is 158 cm³/mol. The molecular weight excluding hydrogens is 538 g/mol. The van der Waals surface area contributed by atoms with E-state index in [2.05, 4.69) is 22.4 Å². The third-order valence-corrected chi connectivity index (χ3v) is 9.54. The van der Waals surface area contributed by atoms with Crippen LogP contribution in [-0.2, 0) is 16.4 Å². The molecule has 1 aliphatic heterocycles. The van der Waals surface area contributed by atoms with Gasteiger partial charge in [0.1, 0.15) is 5.82 Å². The number of aliphatic imine (C=N–C) groups is 1. The lowest BCUT2D eigenvalue weighted by atomic mass is 9.92.